The largest absolute Gasteiger partial charge is 0.352 e. The van der Waals surface area contributed by atoms with Gasteiger partial charge in [-0.25, -0.2) is 4.98 Å². The van der Waals surface area contributed by atoms with E-state index in [9.17, 15) is 9.59 Å². The summed E-state index contributed by atoms with van der Waals surface area (Å²) in [6.07, 6.45) is 4.70. The summed E-state index contributed by atoms with van der Waals surface area (Å²) in [5.41, 5.74) is 3.88. The van der Waals surface area contributed by atoms with Crippen molar-refractivity contribution in [2.45, 2.75) is 52.0 Å². The zero-order chi connectivity index (χ0) is 20.6. The van der Waals surface area contributed by atoms with Crippen LogP contribution < -0.4 is 5.32 Å². The fraction of sp³-hybridized carbons (Fsp3) is 0.500. The van der Waals surface area contributed by atoms with Crippen LogP contribution in [-0.2, 0) is 22.6 Å². The summed E-state index contributed by atoms with van der Waals surface area (Å²) < 4.78 is 0. The number of benzene rings is 1. The van der Waals surface area contributed by atoms with Crippen molar-refractivity contribution in [3.8, 4) is 0 Å². The highest BCUT2D eigenvalue weighted by Gasteiger charge is 2.23. The second-order valence-electron chi connectivity index (χ2n) is 7.63. The van der Waals surface area contributed by atoms with Crippen LogP contribution in [0.3, 0.4) is 0 Å². The summed E-state index contributed by atoms with van der Waals surface area (Å²) >= 11 is 7.59. The predicted octanol–water partition coefficient (Wildman–Crippen LogP) is 4.37. The van der Waals surface area contributed by atoms with Gasteiger partial charge in [-0.3, -0.25) is 9.59 Å². The van der Waals surface area contributed by atoms with Gasteiger partial charge in [0.15, 0.2) is 0 Å². The Morgan fingerprint density at radius 3 is 2.76 bits per heavy atom. The number of nitrogens with zero attached hydrogens (tertiary/aromatic N) is 2. The third-order valence-corrected chi connectivity index (χ3v) is 6.77. The van der Waals surface area contributed by atoms with Gasteiger partial charge in [0.2, 0.25) is 11.8 Å². The van der Waals surface area contributed by atoms with E-state index in [1.807, 2.05) is 41.6 Å². The molecule has 1 aliphatic rings. The number of likely N-dealkylation sites (tertiary alicyclic amines) is 1. The zero-order valence-electron chi connectivity index (χ0n) is 16.8. The van der Waals surface area contributed by atoms with Gasteiger partial charge in [0.1, 0.15) is 0 Å². The Morgan fingerprint density at radius 1 is 1.28 bits per heavy atom. The number of carbonyl (C=O) groups is 2. The maximum atomic E-state index is 12.5. The van der Waals surface area contributed by atoms with Crippen molar-refractivity contribution < 1.29 is 9.59 Å². The van der Waals surface area contributed by atoms with Crippen LogP contribution in [0.5, 0.6) is 0 Å². The van der Waals surface area contributed by atoms with E-state index in [1.165, 1.54) is 4.88 Å². The summed E-state index contributed by atoms with van der Waals surface area (Å²) in [6.45, 7) is 4.10. The molecule has 2 heterocycles. The van der Waals surface area contributed by atoms with E-state index in [1.54, 1.807) is 11.3 Å². The minimum absolute atomic E-state index is 0.0726. The molecule has 1 aromatic heterocycles. The minimum Gasteiger partial charge on any atom is -0.352 e. The lowest BCUT2D eigenvalue weighted by Crippen LogP contribution is -2.38. The molecule has 29 heavy (non-hydrogen) atoms. The Labute approximate surface area is 181 Å². The monoisotopic (exact) mass is 433 g/mol. The summed E-state index contributed by atoms with van der Waals surface area (Å²) in [7, 11) is 0. The second kappa shape index (κ2) is 10.7. The number of nitrogens with one attached hydrogen (secondary N) is 1. The van der Waals surface area contributed by atoms with Gasteiger partial charge in [-0.05, 0) is 56.2 Å². The van der Waals surface area contributed by atoms with Crippen LogP contribution in [0.15, 0.2) is 29.8 Å². The van der Waals surface area contributed by atoms with Gasteiger partial charge in [0.05, 0.1) is 11.2 Å². The molecule has 7 heteroatoms. The van der Waals surface area contributed by atoms with E-state index in [0.717, 1.165) is 50.0 Å². The van der Waals surface area contributed by atoms with Crippen molar-refractivity contribution >= 4 is 34.8 Å². The quantitative estimate of drug-likeness (QED) is 0.672. The molecular formula is C22H28ClN3O2S. The van der Waals surface area contributed by atoms with Crippen molar-refractivity contribution in [3.05, 3.63) is 50.9 Å². The maximum absolute atomic E-state index is 12.5. The Morgan fingerprint density at radius 2 is 2.07 bits per heavy atom. The number of aromatic nitrogens is 1. The highest BCUT2D eigenvalue weighted by atomic mass is 35.5. The highest BCUT2D eigenvalue weighted by Crippen LogP contribution is 2.23. The molecule has 0 aliphatic carbocycles. The Bertz CT molecular complexity index is 831. The third-order valence-electron chi connectivity index (χ3n) is 5.54. The van der Waals surface area contributed by atoms with Gasteiger partial charge in [-0.1, -0.05) is 23.7 Å². The molecule has 3 rings (SSSR count). The highest BCUT2D eigenvalue weighted by molar-refractivity contribution is 7.09. The fourth-order valence-electron chi connectivity index (χ4n) is 3.69. The van der Waals surface area contributed by atoms with E-state index in [-0.39, 0.29) is 11.8 Å². The molecule has 1 aliphatic heterocycles. The average molecular weight is 434 g/mol. The fourth-order valence-corrected chi connectivity index (χ4v) is 4.68. The van der Waals surface area contributed by atoms with Crippen molar-refractivity contribution in [2.24, 2.45) is 5.92 Å². The number of rotatable bonds is 8. The summed E-state index contributed by atoms with van der Waals surface area (Å²) in [4.78, 5) is 32.0. The zero-order valence-corrected chi connectivity index (χ0v) is 18.4. The lowest BCUT2D eigenvalue weighted by Gasteiger charge is -2.32. The Hall–Kier alpha value is -1.92. The summed E-state index contributed by atoms with van der Waals surface area (Å²) in [5.74, 6) is 0.818. The van der Waals surface area contributed by atoms with Crippen LogP contribution in [0.4, 0.5) is 0 Å². The van der Waals surface area contributed by atoms with E-state index in [4.69, 9.17) is 11.6 Å². The van der Waals surface area contributed by atoms with Crippen LogP contribution in [0.25, 0.3) is 0 Å². The minimum atomic E-state index is 0.0726. The molecule has 1 aromatic carbocycles. The molecule has 0 unspecified atom stereocenters. The Balaban J connectivity index is 1.31. The van der Waals surface area contributed by atoms with Crippen LogP contribution >= 0.6 is 22.9 Å². The predicted molar refractivity (Wildman–Crippen MR) is 117 cm³/mol. The number of aryl methyl sites for hydroxylation is 2. The lowest BCUT2D eigenvalue weighted by atomic mass is 9.92. The first-order valence-electron chi connectivity index (χ1n) is 10.2. The normalized spacial score (nSPS) is 14.8. The molecule has 1 fully saturated rings. The van der Waals surface area contributed by atoms with Gasteiger partial charge >= 0.3 is 0 Å². The van der Waals surface area contributed by atoms with Crippen LogP contribution in [-0.4, -0.2) is 34.8 Å². The van der Waals surface area contributed by atoms with Crippen molar-refractivity contribution in [3.63, 3.8) is 0 Å². The first-order chi connectivity index (χ1) is 14.0. The first-order valence-corrected chi connectivity index (χ1v) is 11.4. The topological polar surface area (TPSA) is 62.3 Å². The number of amides is 2. The molecule has 1 N–H and O–H groups in total. The lowest BCUT2D eigenvalue weighted by molar-refractivity contribution is -0.132. The molecule has 156 valence electrons. The first kappa shape index (κ1) is 21.8. The number of piperidine rings is 1. The molecule has 0 saturated carbocycles. The molecule has 0 spiro atoms. The van der Waals surface area contributed by atoms with Gasteiger partial charge in [-0.2, -0.15) is 0 Å². The molecule has 1 saturated heterocycles. The maximum Gasteiger partial charge on any atom is 0.222 e. The summed E-state index contributed by atoms with van der Waals surface area (Å²) in [5, 5.41) is 3.64. The van der Waals surface area contributed by atoms with Crippen molar-refractivity contribution in [2.75, 3.05) is 13.1 Å². The SMILES string of the molecule is Cc1ncsc1CCC(=O)N1CCC(CCC(=O)NCc2cccc(Cl)c2)CC1. The number of carbonyl (C=O) groups excluding carboxylic acids is 2. The van der Waals surface area contributed by atoms with E-state index < -0.39 is 0 Å². The van der Waals surface area contributed by atoms with E-state index in [0.29, 0.717) is 30.3 Å². The van der Waals surface area contributed by atoms with Gasteiger partial charge < -0.3 is 10.2 Å². The molecule has 0 radical (unpaired) electrons. The van der Waals surface area contributed by atoms with Crippen LogP contribution in [0.1, 0.15) is 48.2 Å². The molecule has 2 aromatic rings. The molecule has 0 bridgehead atoms. The van der Waals surface area contributed by atoms with Crippen molar-refractivity contribution in [1.29, 1.82) is 0 Å². The molecular weight excluding hydrogens is 406 g/mol. The second-order valence-corrected chi connectivity index (χ2v) is 9.01. The van der Waals surface area contributed by atoms with Crippen LogP contribution in [0.2, 0.25) is 5.02 Å². The van der Waals surface area contributed by atoms with Crippen molar-refractivity contribution in [1.82, 2.24) is 15.2 Å². The van der Waals surface area contributed by atoms with E-state index >= 15 is 0 Å². The smallest absolute Gasteiger partial charge is 0.222 e. The number of halogens is 1. The Kier molecular flexibility index (Phi) is 8.07. The molecule has 0 atom stereocenters. The van der Waals surface area contributed by atoms with Gasteiger partial charge in [-0.15, -0.1) is 11.3 Å². The van der Waals surface area contributed by atoms with Gasteiger partial charge in [0.25, 0.3) is 0 Å². The summed E-state index contributed by atoms with van der Waals surface area (Å²) in [6, 6.07) is 7.53. The standard InChI is InChI=1S/C22H28ClN3O2S/c1-16-20(29-15-25-16)6-8-22(28)26-11-9-17(10-12-26)5-7-21(27)24-14-18-3-2-4-19(23)13-18/h2-4,13,15,17H,5-12,14H2,1H3,(H,24,27). The van der Waals surface area contributed by atoms with Crippen LogP contribution in [0, 0.1) is 12.8 Å². The number of thiazole rings is 1. The molecule has 2 amide bonds. The van der Waals surface area contributed by atoms with E-state index in [2.05, 4.69) is 10.3 Å². The van der Waals surface area contributed by atoms with Gasteiger partial charge in [0, 0.05) is 42.4 Å². The number of hydrogen-bond acceptors (Lipinski definition) is 4. The average Bonchev–Trinajstić information content (AvgIpc) is 3.14. The molecule has 5 nitrogen and oxygen atoms in total. The third kappa shape index (κ3) is 6.82. The number of hydrogen-bond donors (Lipinski definition) is 1.